The van der Waals surface area contributed by atoms with Crippen molar-refractivity contribution in [3.63, 3.8) is 0 Å². The lowest BCUT2D eigenvalue weighted by molar-refractivity contribution is -0.137. The summed E-state index contributed by atoms with van der Waals surface area (Å²) in [6, 6.07) is 9.11. The Morgan fingerprint density at radius 3 is 2.69 bits per heavy atom. The van der Waals surface area contributed by atoms with E-state index in [0.29, 0.717) is 5.82 Å². The lowest BCUT2D eigenvalue weighted by Gasteiger charge is -2.21. The van der Waals surface area contributed by atoms with Crippen LogP contribution < -0.4 is 0 Å². The number of rotatable bonds is 5. The summed E-state index contributed by atoms with van der Waals surface area (Å²) in [5, 5.41) is 3.84. The van der Waals surface area contributed by atoms with Crippen LogP contribution in [0.4, 0.5) is 0 Å². The maximum Gasteiger partial charge on any atom is 0.344 e. The van der Waals surface area contributed by atoms with Crippen molar-refractivity contribution in [3.05, 3.63) is 48.0 Å². The highest BCUT2D eigenvalue weighted by Gasteiger charge is 2.30. The monoisotopic (exact) mass is 376 g/mol. The van der Waals surface area contributed by atoms with Crippen molar-refractivity contribution in [2.45, 2.75) is 20.4 Å². The van der Waals surface area contributed by atoms with Gasteiger partial charge in [-0.15, -0.1) is 4.40 Å². The van der Waals surface area contributed by atoms with Gasteiger partial charge in [0.25, 0.3) is 0 Å². The maximum atomic E-state index is 12.3. The molecule has 0 atom stereocenters. The van der Waals surface area contributed by atoms with Crippen LogP contribution in [-0.4, -0.2) is 41.2 Å². The molecule has 1 aliphatic heterocycles. The minimum absolute atomic E-state index is 0.0597. The van der Waals surface area contributed by atoms with Crippen LogP contribution in [0, 0.1) is 0 Å². The fourth-order valence-electron chi connectivity index (χ4n) is 2.27. The topological polar surface area (TPSA) is 115 Å². The molecule has 0 fully saturated rings. The first-order valence-electron chi connectivity index (χ1n) is 7.76. The van der Waals surface area contributed by atoms with E-state index in [-0.39, 0.29) is 30.3 Å². The quantitative estimate of drug-likeness (QED) is 0.729. The summed E-state index contributed by atoms with van der Waals surface area (Å²) in [7, 11) is -4.00. The Labute approximate surface area is 150 Å². The van der Waals surface area contributed by atoms with E-state index >= 15 is 0 Å². The van der Waals surface area contributed by atoms with Crippen LogP contribution in [0.15, 0.2) is 51.0 Å². The van der Waals surface area contributed by atoms with Crippen molar-refractivity contribution >= 4 is 21.9 Å². The molecule has 0 spiro atoms. The van der Waals surface area contributed by atoms with Gasteiger partial charge in [-0.1, -0.05) is 35.5 Å². The molecule has 2 aromatic rings. The first-order chi connectivity index (χ1) is 12.4. The van der Waals surface area contributed by atoms with Crippen LogP contribution in [-0.2, 0) is 26.3 Å². The smallest absolute Gasteiger partial charge is 0.344 e. The molecular weight excluding hydrogens is 360 g/mol. The number of carbonyl (C=O) groups is 1. The van der Waals surface area contributed by atoms with E-state index < -0.39 is 16.2 Å². The molecule has 3 rings (SSSR count). The van der Waals surface area contributed by atoms with Gasteiger partial charge in [0, 0.05) is 11.8 Å². The average Bonchev–Trinajstić information content (AvgIpc) is 3.06. The van der Waals surface area contributed by atoms with Gasteiger partial charge in [-0.25, -0.2) is 9.10 Å². The second-order valence-electron chi connectivity index (χ2n) is 5.34. The average molecular weight is 376 g/mol. The van der Waals surface area contributed by atoms with Gasteiger partial charge in [0.15, 0.2) is 0 Å². The van der Waals surface area contributed by atoms with Gasteiger partial charge in [0.05, 0.1) is 17.9 Å². The normalized spacial score (nSPS) is 16.0. The minimum atomic E-state index is -4.00. The molecule has 0 radical (unpaired) electrons. The van der Waals surface area contributed by atoms with Crippen molar-refractivity contribution < 1.29 is 22.5 Å². The Kier molecular flexibility index (Phi) is 4.85. The highest BCUT2D eigenvalue weighted by Crippen LogP contribution is 2.21. The van der Waals surface area contributed by atoms with Crippen LogP contribution in [0.3, 0.4) is 0 Å². The van der Waals surface area contributed by atoms with Gasteiger partial charge in [0.1, 0.15) is 6.54 Å². The van der Waals surface area contributed by atoms with Gasteiger partial charge in [0.2, 0.25) is 11.7 Å². The Hall–Kier alpha value is -3.01. The predicted molar refractivity (Wildman–Crippen MR) is 92.0 cm³/mol. The summed E-state index contributed by atoms with van der Waals surface area (Å²) >= 11 is 0. The molecule has 26 heavy (non-hydrogen) atoms. The molecule has 0 saturated heterocycles. The molecule has 0 bridgehead atoms. The molecular formula is C16H16N4O5S. The summed E-state index contributed by atoms with van der Waals surface area (Å²) in [5.74, 6) is -0.241. The molecule has 0 aliphatic carbocycles. The molecule has 0 N–H and O–H groups in total. The summed E-state index contributed by atoms with van der Waals surface area (Å²) < 4.78 is 39.0. The zero-order chi connectivity index (χ0) is 18.7. The number of hydrogen-bond donors (Lipinski definition) is 0. The first kappa shape index (κ1) is 17.8. The third-order valence-electron chi connectivity index (χ3n) is 3.50. The van der Waals surface area contributed by atoms with E-state index in [0.717, 1.165) is 9.87 Å². The predicted octanol–water partition coefficient (Wildman–Crippen LogP) is 1.70. The van der Waals surface area contributed by atoms with Crippen molar-refractivity contribution in [2.24, 2.45) is 4.40 Å². The molecule has 136 valence electrons. The van der Waals surface area contributed by atoms with Gasteiger partial charge in [-0.2, -0.15) is 13.4 Å². The van der Waals surface area contributed by atoms with Gasteiger partial charge < -0.3 is 9.26 Å². The van der Waals surface area contributed by atoms with Crippen molar-refractivity contribution in [1.82, 2.24) is 14.4 Å². The fraction of sp³-hybridized carbons (Fsp3) is 0.250. The second kappa shape index (κ2) is 7.08. The van der Waals surface area contributed by atoms with Gasteiger partial charge >= 0.3 is 16.2 Å². The molecule has 1 aromatic carbocycles. The first-order valence-corrected chi connectivity index (χ1v) is 9.16. The number of nitrogens with zero attached hydrogens (tertiary/aromatic N) is 4. The summed E-state index contributed by atoms with van der Waals surface area (Å²) in [4.78, 5) is 16.2. The van der Waals surface area contributed by atoms with E-state index in [9.17, 15) is 13.2 Å². The summed E-state index contributed by atoms with van der Waals surface area (Å²) in [6.07, 6.45) is 1.17. The third-order valence-corrected chi connectivity index (χ3v) is 4.83. The second-order valence-corrected chi connectivity index (χ2v) is 6.89. The number of ether oxygens (including phenoxy) is 1. The third kappa shape index (κ3) is 3.64. The molecule has 0 saturated carbocycles. The molecule has 10 heteroatoms. The Morgan fingerprint density at radius 1 is 1.27 bits per heavy atom. The molecule has 1 aliphatic rings. The van der Waals surface area contributed by atoms with Gasteiger partial charge in [-0.05, 0) is 13.8 Å². The number of carbonyl (C=O) groups excluding carboxylic acids is 1. The van der Waals surface area contributed by atoms with Crippen LogP contribution in [0.2, 0.25) is 0 Å². The Morgan fingerprint density at radius 2 is 2.00 bits per heavy atom. The van der Waals surface area contributed by atoms with Crippen molar-refractivity contribution in [3.8, 4) is 11.4 Å². The van der Waals surface area contributed by atoms with Crippen LogP contribution >= 0.6 is 0 Å². The largest absolute Gasteiger partial charge is 0.462 e. The molecule has 1 aromatic heterocycles. The maximum absolute atomic E-state index is 12.3. The molecule has 2 heterocycles. The number of hydrogen-bond acceptors (Lipinski definition) is 7. The zero-order valence-corrected chi connectivity index (χ0v) is 14.9. The van der Waals surface area contributed by atoms with E-state index in [1.54, 1.807) is 19.1 Å². The number of esters is 1. The molecule has 9 nitrogen and oxygen atoms in total. The standard InChI is InChI=1S/C16H16N4O5S/c1-3-24-16(21)13-9-20(26(22,23)19-11(13)2)10-14-17-15(18-25-14)12-7-5-4-6-8-12/h4-9H,3,10H2,1-2H3. The molecule has 0 amide bonds. The van der Waals surface area contributed by atoms with E-state index in [1.165, 1.54) is 13.1 Å². The highest BCUT2D eigenvalue weighted by molar-refractivity contribution is 7.88. The van der Waals surface area contributed by atoms with E-state index in [4.69, 9.17) is 9.26 Å². The fourth-order valence-corrected chi connectivity index (χ4v) is 3.33. The van der Waals surface area contributed by atoms with Crippen LogP contribution in [0.5, 0.6) is 0 Å². The van der Waals surface area contributed by atoms with Crippen molar-refractivity contribution in [2.75, 3.05) is 6.61 Å². The molecule has 0 unspecified atom stereocenters. The Balaban J connectivity index is 1.86. The zero-order valence-electron chi connectivity index (χ0n) is 14.1. The van der Waals surface area contributed by atoms with E-state index in [1.807, 2.05) is 18.2 Å². The SMILES string of the molecule is CCOC(=O)C1=CN(Cc2nc(-c3ccccc3)no2)S(=O)(=O)N=C1C. The lowest BCUT2D eigenvalue weighted by Crippen LogP contribution is -2.31. The number of benzene rings is 1. The summed E-state index contributed by atoms with van der Waals surface area (Å²) in [5.41, 5.74) is 0.861. The Bertz CT molecular complexity index is 979. The highest BCUT2D eigenvalue weighted by atomic mass is 32.2. The van der Waals surface area contributed by atoms with Gasteiger partial charge in [-0.3, -0.25) is 0 Å². The van der Waals surface area contributed by atoms with Crippen LogP contribution in [0.25, 0.3) is 11.4 Å². The lowest BCUT2D eigenvalue weighted by atomic mass is 10.2. The summed E-state index contributed by atoms with van der Waals surface area (Å²) in [6.45, 7) is 3.01. The van der Waals surface area contributed by atoms with Crippen LogP contribution in [0.1, 0.15) is 19.7 Å². The minimum Gasteiger partial charge on any atom is -0.462 e. The van der Waals surface area contributed by atoms with E-state index in [2.05, 4.69) is 14.5 Å². The number of aromatic nitrogens is 2. The van der Waals surface area contributed by atoms with Crippen molar-refractivity contribution in [1.29, 1.82) is 0 Å².